The highest BCUT2D eigenvalue weighted by atomic mass is 19.1. The summed E-state index contributed by atoms with van der Waals surface area (Å²) in [6.45, 7) is -0.0241. The van der Waals surface area contributed by atoms with Gasteiger partial charge in [-0.1, -0.05) is 18.2 Å². The molecule has 0 saturated carbocycles. The lowest BCUT2D eigenvalue weighted by Gasteiger charge is -2.35. The van der Waals surface area contributed by atoms with Gasteiger partial charge in [-0.3, -0.25) is 14.4 Å². The van der Waals surface area contributed by atoms with Gasteiger partial charge in [0.15, 0.2) is 17.7 Å². The molecular weight excluding hydrogens is 476 g/mol. The molecule has 3 atom stereocenters. The predicted octanol–water partition coefficient (Wildman–Crippen LogP) is 1.67. The summed E-state index contributed by atoms with van der Waals surface area (Å²) < 4.78 is 35.3. The van der Waals surface area contributed by atoms with Crippen LogP contribution in [-0.2, 0) is 24.1 Å². The van der Waals surface area contributed by atoms with Crippen molar-refractivity contribution in [3.05, 3.63) is 92.9 Å². The molecule has 2 aromatic carbocycles. The van der Waals surface area contributed by atoms with Crippen molar-refractivity contribution < 1.29 is 33.3 Å². The second-order valence-electron chi connectivity index (χ2n) is 8.81. The van der Waals surface area contributed by atoms with Gasteiger partial charge >= 0.3 is 0 Å². The van der Waals surface area contributed by atoms with Crippen LogP contribution in [0.4, 0.5) is 8.78 Å². The number of nitrogens with two attached hydrogens (primary N) is 1. The van der Waals surface area contributed by atoms with Gasteiger partial charge in [0.2, 0.25) is 5.43 Å². The Morgan fingerprint density at radius 2 is 1.81 bits per heavy atom. The van der Waals surface area contributed by atoms with Crippen LogP contribution in [-0.4, -0.2) is 49.9 Å². The van der Waals surface area contributed by atoms with E-state index in [-0.39, 0.29) is 36.4 Å². The Morgan fingerprint density at radius 3 is 2.47 bits per heavy atom. The van der Waals surface area contributed by atoms with Crippen LogP contribution in [0.2, 0.25) is 0 Å². The van der Waals surface area contributed by atoms with Crippen molar-refractivity contribution in [3.8, 4) is 11.5 Å². The molecule has 3 heterocycles. The molecule has 1 saturated heterocycles. The number of pyridine rings is 1. The fourth-order valence-corrected chi connectivity index (χ4v) is 4.84. The lowest BCUT2D eigenvalue weighted by molar-refractivity contribution is -0.0145. The molecule has 2 aliphatic rings. The zero-order valence-corrected chi connectivity index (χ0v) is 18.7. The predicted molar refractivity (Wildman–Crippen MR) is 121 cm³/mol. The summed E-state index contributed by atoms with van der Waals surface area (Å²) in [6.07, 6.45) is -0.211. The van der Waals surface area contributed by atoms with E-state index in [4.69, 9.17) is 10.5 Å². The summed E-state index contributed by atoms with van der Waals surface area (Å²) >= 11 is 0. The summed E-state index contributed by atoms with van der Waals surface area (Å²) in [7, 11) is 0. The van der Waals surface area contributed by atoms with Gasteiger partial charge in [-0.2, -0.15) is 0 Å². The van der Waals surface area contributed by atoms with Crippen molar-refractivity contribution in [2.24, 2.45) is 5.73 Å². The fraction of sp³-hybridized carbons (Fsp3) is 0.240. The van der Waals surface area contributed by atoms with E-state index in [0.717, 1.165) is 23.9 Å². The van der Waals surface area contributed by atoms with E-state index >= 15 is 0 Å². The SMILES string of the molecule is NC(=O)c1cn2c(c(O)c1=O)C(=O)N1C(C2)OC(Cc2ccc(F)cc2F)C1Cc1ccc(O)cc1. The Hall–Kier alpha value is -4.25. The Labute approximate surface area is 203 Å². The van der Waals surface area contributed by atoms with Gasteiger partial charge in [-0.25, -0.2) is 8.78 Å². The van der Waals surface area contributed by atoms with Crippen molar-refractivity contribution >= 4 is 11.8 Å². The van der Waals surface area contributed by atoms with Gasteiger partial charge in [0.05, 0.1) is 18.7 Å². The number of phenolic OH excluding ortho intramolecular Hbond substituents is 1. The Bertz CT molecular complexity index is 1440. The summed E-state index contributed by atoms with van der Waals surface area (Å²) in [5, 5.41) is 20.1. The number of carbonyl (C=O) groups is 2. The normalized spacial score (nSPS) is 20.8. The average Bonchev–Trinajstić information content (AvgIpc) is 3.16. The van der Waals surface area contributed by atoms with Gasteiger partial charge in [0.25, 0.3) is 11.8 Å². The van der Waals surface area contributed by atoms with E-state index in [1.165, 1.54) is 27.7 Å². The number of rotatable bonds is 5. The smallest absolute Gasteiger partial charge is 0.276 e. The van der Waals surface area contributed by atoms with Crippen molar-refractivity contribution in [1.29, 1.82) is 0 Å². The molecule has 2 amide bonds. The maximum Gasteiger partial charge on any atom is 0.276 e. The number of aromatic nitrogens is 1. The minimum absolute atomic E-state index is 0.0154. The zero-order valence-electron chi connectivity index (χ0n) is 18.7. The summed E-state index contributed by atoms with van der Waals surface area (Å²) in [5.74, 6) is -4.08. The second-order valence-corrected chi connectivity index (χ2v) is 8.81. The molecule has 1 aromatic heterocycles. The highest BCUT2D eigenvalue weighted by Gasteiger charge is 2.49. The molecule has 186 valence electrons. The van der Waals surface area contributed by atoms with Crippen LogP contribution in [0.3, 0.4) is 0 Å². The van der Waals surface area contributed by atoms with Crippen LogP contribution in [0.25, 0.3) is 0 Å². The van der Waals surface area contributed by atoms with Crippen molar-refractivity contribution in [1.82, 2.24) is 9.47 Å². The number of nitrogens with zero attached hydrogens (tertiary/aromatic N) is 2. The highest BCUT2D eigenvalue weighted by Crippen LogP contribution is 2.36. The molecule has 9 nitrogen and oxygen atoms in total. The van der Waals surface area contributed by atoms with Crippen LogP contribution in [0.15, 0.2) is 53.5 Å². The first kappa shape index (κ1) is 23.5. The van der Waals surface area contributed by atoms with E-state index in [9.17, 15) is 33.4 Å². The number of hydrogen-bond acceptors (Lipinski definition) is 6. The third kappa shape index (κ3) is 3.97. The molecule has 3 unspecified atom stereocenters. The Kier molecular flexibility index (Phi) is 5.71. The monoisotopic (exact) mass is 497 g/mol. The second kappa shape index (κ2) is 8.76. The van der Waals surface area contributed by atoms with Crippen LogP contribution >= 0.6 is 0 Å². The molecule has 0 spiro atoms. The molecule has 0 aliphatic carbocycles. The minimum Gasteiger partial charge on any atom is -0.508 e. The largest absolute Gasteiger partial charge is 0.508 e. The molecule has 4 N–H and O–H groups in total. The van der Waals surface area contributed by atoms with Gasteiger partial charge < -0.3 is 30.2 Å². The number of aromatic hydroxyl groups is 2. The van der Waals surface area contributed by atoms with Gasteiger partial charge in [-0.15, -0.1) is 0 Å². The first-order chi connectivity index (χ1) is 17.1. The molecule has 1 fully saturated rings. The van der Waals surface area contributed by atoms with Crippen LogP contribution in [0, 0.1) is 11.6 Å². The van der Waals surface area contributed by atoms with E-state index in [0.29, 0.717) is 0 Å². The molecule has 11 heteroatoms. The number of phenols is 1. The number of ether oxygens (including phenoxy) is 1. The lowest BCUT2D eigenvalue weighted by atomic mass is 9.95. The van der Waals surface area contributed by atoms with Crippen LogP contribution in [0.1, 0.15) is 32.0 Å². The molecule has 36 heavy (non-hydrogen) atoms. The fourth-order valence-electron chi connectivity index (χ4n) is 4.84. The summed E-state index contributed by atoms with van der Waals surface area (Å²) in [6, 6.07) is 8.86. The first-order valence-electron chi connectivity index (χ1n) is 11.1. The Morgan fingerprint density at radius 1 is 1.08 bits per heavy atom. The van der Waals surface area contributed by atoms with Crippen molar-refractivity contribution in [3.63, 3.8) is 0 Å². The number of halogens is 2. The van der Waals surface area contributed by atoms with Gasteiger partial charge in [-0.05, 0) is 35.7 Å². The molecule has 5 rings (SSSR count). The van der Waals surface area contributed by atoms with Crippen LogP contribution < -0.4 is 11.2 Å². The maximum atomic E-state index is 14.5. The number of primary amides is 1. The van der Waals surface area contributed by atoms with E-state index in [1.54, 1.807) is 12.1 Å². The molecule has 2 aliphatic heterocycles. The third-order valence-corrected chi connectivity index (χ3v) is 6.56. The van der Waals surface area contributed by atoms with Crippen molar-refractivity contribution in [2.75, 3.05) is 0 Å². The number of benzene rings is 2. The Balaban J connectivity index is 1.55. The third-order valence-electron chi connectivity index (χ3n) is 6.56. The standard InChI is InChI=1S/C25H21F2N3O6/c26-14-4-3-13(17(27)9-14)8-19-18(7-12-1-5-15(31)6-2-12)30-20(36-19)11-29-10-16(24(28)34)22(32)23(33)21(29)25(30)35/h1-6,9-10,18-20,31,33H,7-8,11H2,(H2,28,34). The lowest BCUT2D eigenvalue weighted by Crippen LogP contribution is -2.51. The van der Waals surface area contributed by atoms with E-state index in [2.05, 4.69) is 0 Å². The number of carbonyl (C=O) groups excluding carboxylic acids is 2. The summed E-state index contributed by atoms with van der Waals surface area (Å²) in [5.41, 5.74) is 4.34. The molecule has 0 radical (unpaired) electrons. The first-order valence-corrected chi connectivity index (χ1v) is 11.1. The van der Waals surface area contributed by atoms with E-state index in [1.807, 2.05) is 0 Å². The van der Waals surface area contributed by atoms with Gasteiger partial charge in [0.1, 0.15) is 22.9 Å². The van der Waals surface area contributed by atoms with Gasteiger partial charge in [0, 0.05) is 18.7 Å². The molecule has 0 bridgehead atoms. The number of fused-ring (bicyclic) bond motifs is 2. The summed E-state index contributed by atoms with van der Waals surface area (Å²) in [4.78, 5) is 39.0. The number of hydrogen-bond donors (Lipinski definition) is 3. The zero-order chi connectivity index (χ0) is 25.7. The van der Waals surface area contributed by atoms with Crippen LogP contribution in [0.5, 0.6) is 11.5 Å². The quantitative estimate of drug-likeness (QED) is 0.491. The van der Waals surface area contributed by atoms with Crippen molar-refractivity contribution in [2.45, 2.75) is 37.8 Å². The molecular formula is C25H21F2N3O6. The highest BCUT2D eigenvalue weighted by molar-refractivity contribution is 5.99. The van der Waals surface area contributed by atoms with E-state index < -0.39 is 58.6 Å². The topological polar surface area (TPSA) is 135 Å². The number of amides is 2. The molecule has 3 aromatic rings. The maximum absolute atomic E-state index is 14.5. The average molecular weight is 497 g/mol. The minimum atomic E-state index is -1.05.